The Labute approximate surface area is 163 Å². The smallest absolute Gasteiger partial charge is 0.252 e. The van der Waals surface area contributed by atoms with E-state index in [0.29, 0.717) is 5.52 Å². The summed E-state index contributed by atoms with van der Waals surface area (Å²) >= 11 is 0. The van der Waals surface area contributed by atoms with Crippen LogP contribution >= 0.6 is 0 Å². The van der Waals surface area contributed by atoms with Crippen LogP contribution in [0.5, 0.6) is 0 Å². The van der Waals surface area contributed by atoms with E-state index in [1.54, 1.807) is 30.3 Å². The van der Waals surface area contributed by atoms with Crippen LogP contribution in [0.15, 0.2) is 40.8 Å². The molecule has 1 fully saturated rings. The van der Waals surface area contributed by atoms with E-state index in [-0.39, 0.29) is 34.5 Å². The van der Waals surface area contributed by atoms with Crippen LogP contribution in [0.3, 0.4) is 0 Å². The maximum Gasteiger partial charge on any atom is 0.252 e. The average molecular weight is 381 g/mol. The summed E-state index contributed by atoms with van der Waals surface area (Å²) in [5.41, 5.74) is 7.68. The molecule has 1 saturated heterocycles. The van der Waals surface area contributed by atoms with E-state index in [9.17, 15) is 9.18 Å². The summed E-state index contributed by atoms with van der Waals surface area (Å²) in [6.45, 7) is 4.25. The molecule has 6 heteroatoms. The number of rotatable bonds is 5. The van der Waals surface area contributed by atoms with Gasteiger partial charge < -0.3 is 10.2 Å². The van der Waals surface area contributed by atoms with E-state index in [0.717, 1.165) is 37.9 Å². The van der Waals surface area contributed by atoms with Gasteiger partial charge in [-0.15, -0.1) is 0 Å². The largest absolute Gasteiger partial charge is 0.435 e. The van der Waals surface area contributed by atoms with Crippen molar-refractivity contribution in [2.75, 3.05) is 13.1 Å². The molecule has 2 N–H and O–H groups in total. The molecule has 1 unspecified atom stereocenters. The third-order valence-corrected chi connectivity index (χ3v) is 5.41. The first kappa shape index (κ1) is 18.6. The van der Waals surface area contributed by atoms with Crippen LogP contribution in [0.1, 0.15) is 54.6 Å². The van der Waals surface area contributed by atoms with Gasteiger partial charge in [-0.25, -0.2) is 9.37 Å². The summed E-state index contributed by atoms with van der Waals surface area (Å²) < 4.78 is 20.7. The van der Waals surface area contributed by atoms with E-state index in [1.165, 1.54) is 6.42 Å². The normalized spacial score (nSPS) is 17.9. The van der Waals surface area contributed by atoms with Crippen molar-refractivity contribution >= 4 is 17.0 Å². The number of oxazole rings is 1. The minimum atomic E-state index is -0.600. The first-order valence-corrected chi connectivity index (χ1v) is 9.81. The minimum Gasteiger partial charge on any atom is -0.435 e. The summed E-state index contributed by atoms with van der Waals surface area (Å²) in [7, 11) is 0. The molecule has 3 aromatic rings. The van der Waals surface area contributed by atoms with E-state index >= 15 is 0 Å². The van der Waals surface area contributed by atoms with Gasteiger partial charge in [-0.1, -0.05) is 25.5 Å². The second-order valence-electron chi connectivity index (χ2n) is 7.32. The van der Waals surface area contributed by atoms with Crippen molar-refractivity contribution in [2.24, 2.45) is 5.73 Å². The topological polar surface area (TPSA) is 72.4 Å². The lowest BCUT2D eigenvalue weighted by Crippen LogP contribution is -2.34. The van der Waals surface area contributed by atoms with E-state index in [2.05, 4.69) is 16.8 Å². The molecule has 2 aromatic carbocycles. The van der Waals surface area contributed by atoms with Crippen LogP contribution < -0.4 is 5.73 Å². The predicted octanol–water partition coefficient (Wildman–Crippen LogP) is 4.67. The molecule has 1 aliphatic heterocycles. The SMILES string of the molecule is CCCN1CCCCC1c1ccc(-c2nc3cccc(C(N)=O)c3o2)c(F)c1. The van der Waals surface area contributed by atoms with E-state index < -0.39 is 5.91 Å². The number of piperidine rings is 1. The molecular weight excluding hydrogens is 357 g/mol. The molecule has 1 aliphatic rings. The number of carbonyl (C=O) groups is 1. The first-order chi connectivity index (χ1) is 13.6. The Balaban J connectivity index is 1.69. The third-order valence-electron chi connectivity index (χ3n) is 5.41. The highest BCUT2D eigenvalue weighted by Crippen LogP contribution is 2.34. The zero-order valence-electron chi connectivity index (χ0n) is 16.0. The highest BCUT2D eigenvalue weighted by molar-refractivity contribution is 6.03. The molecular formula is C22H24FN3O2. The molecule has 2 heterocycles. The lowest BCUT2D eigenvalue weighted by molar-refractivity contribution is 0.100. The molecule has 0 saturated carbocycles. The summed E-state index contributed by atoms with van der Waals surface area (Å²) in [4.78, 5) is 18.4. The number of likely N-dealkylation sites (tertiary alicyclic amines) is 1. The molecule has 0 radical (unpaired) electrons. The van der Waals surface area contributed by atoms with Crippen molar-refractivity contribution in [3.63, 3.8) is 0 Å². The van der Waals surface area contributed by atoms with Gasteiger partial charge in [-0.05, 0) is 62.2 Å². The molecule has 0 spiro atoms. The number of amides is 1. The Morgan fingerprint density at radius 1 is 1.32 bits per heavy atom. The van der Waals surface area contributed by atoms with Gasteiger partial charge in [0, 0.05) is 6.04 Å². The fraction of sp³-hybridized carbons (Fsp3) is 0.364. The summed E-state index contributed by atoms with van der Waals surface area (Å²) in [5, 5.41) is 0. The Hall–Kier alpha value is -2.73. The van der Waals surface area contributed by atoms with Gasteiger partial charge in [-0.3, -0.25) is 9.69 Å². The second-order valence-corrected chi connectivity index (χ2v) is 7.32. The number of hydrogen-bond acceptors (Lipinski definition) is 4. The maximum atomic E-state index is 15.0. The molecule has 0 bridgehead atoms. The molecule has 1 aromatic heterocycles. The van der Waals surface area contributed by atoms with Gasteiger partial charge in [0.1, 0.15) is 11.3 Å². The highest BCUT2D eigenvalue weighted by atomic mass is 19.1. The van der Waals surface area contributed by atoms with E-state index in [4.69, 9.17) is 10.2 Å². The minimum absolute atomic E-state index is 0.154. The standard InChI is InChI=1S/C22H24FN3O2/c1-2-11-26-12-4-3-8-19(26)14-9-10-15(17(23)13-14)22-25-18-7-5-6-16(21(24)27)20(18)28-22/h5-7,9-10,13,19H,2-4,8,11-12H2,1H3,(H2,24,27). The quantitative estimate of drug-likeness (QED) is 0.697. The molecule has 5 nitrogen and oxygen atoms in total. The summed E-state index contributed by atoms with van der Waals surface area (Å²) in [5.74, 6) is -0.814. The fourth-order valence-corrected chi connectivity index (χ4v) is 4.09. The fourth-order valence-electron chi connectivity index (χ4n) is 4.09. The zero-order valence-corrected chi connectivity index (χ0v) is 16.0. The maximum absolute atomic E-state index is 15.0. The number of primary amides is 1. The lowest BCUT2D eigenvalue weighted by atomic mass is 9.94. The number of nitrogens with zero attached hydrogens (tertiary/aromatic N) is 2. The van der Waals surface area contributed by atoms with Crippen LogP contribution in [0.25, 0.3) is 22.6 Å². The zero-order chi connectivity index (χ0) is 19.7. The molecule has 4 rings (SSSR count). The molecule has 28 heavy (non-hydrogen) atoms. The van der Waals surface area contributed by atoms with Crippen molar-refractivity contribution < 1.29 is 13.6 Å². The molecule has 1 amide bonds. The Bertz CT molecular complexity index is 1010. The van der Waals surface area contributed by atoms with Gasteiger partial charge in [0.05, 0.1) is 11.1 Å². The van der Waals surface area contributed by atoms with Crippen molar-refractivity contribution in [3.05, 3.63) is 53.3 Å². The summed E-state index contributed by atoms with van der Waals surface area (Å²) in [6, 6.07) is 10.5. The monoisotopic (exact) mass is 381 g/mol. The van der Waals surface area contributed by atoms with Crippen molar-refractivity contribution in [1.82, 2.24) is 9.88 Å². The number of aromatic nitrogens is 1. The number of para-hydroxylation sites is 1. The van der Waals surface area contributed by atoms with Gasteiger partial charge in [0.25, 0.3) is 5.91 Å². The lowest BCUT2D eigenvalue weighted by Gasteiger charge is -2.36. The van der Waals surface area contributed by atoms with Crippen LogP contribution in [0.4, 0.5) is 4.39 Å². The van der Waals surface area contributed by atoms with Crippen LogP contribution in [0, 0.1) is 5.82 Å². The Morgan fingerprint density at radius 2 is 2.18 bits per heavy atom. The number of nitrogens with two attached hydrogens (primary N) is 1. The third kappa shape index (κ3) is 3.40. The average Bonchev–Trinajstić information content (AvgIpc) is 3.12. The van der Waals surface area contributed by atoms with E-state index in [1.807, 2.05) is 6.07 Å². The number of carbonyl (C=O) groups excluding carboxylic acids is 1. The van der Waals surface area contributed by atoms with Gasteiger partial charge in [0.2, 0.25) is 5.89 Å². The van der Waals surface area contributed by atoms with Crippen molar-refractivity contribution in [3.8, 4) is 11.5 Å². The number of halogens is 1. The Morgan fingerprint density at radius 3 is 2.93 bits per heavy atom. The Kier molecular flexibility index (Phi) is 5.13. The highest BCUT2D eigenvalue weighted by Gasteiger charge is 2.25. The molecule has 0 aliphatic carbocycles. The van der Waals surface area contributed by atoms with Gasteiger partial charge in [-0.2, -0.15) is 0 Å². The molecule has 1 atom stereocenters. The van der Waals surface area contributed by atoms with Crippen LogP contribution in [-0.2, 0) is 0 Å². The van der Waals surface area contributed by atoms with Gasteiger partial charge >= 0.3 is 0 Å². The first-order valence-electron chi connectivity index (χ1n) is 9.81. The van der Waals surface area contributed by atoms with Crippen LogP contribution in [-0.4, -0.2) is 28.9 Å². The van der Waals surface area contributed by atoms with Gasteiger partial charge in [0.15, 0.2) is 5.58 Å². The molecule has 146 valence electrons. The van der Waals surface area contributed by atoms with Crippen LogP contribution in [0.2, 0.25) is 0 Å². The number of hydrogen-bond donors (Lipinski definition) is 1. The second kappa shape index (κ2) is 7.72. The number of fused-ring (bicyclic) bond motifs is 1. The number of benzene rings is 2. The van der Waals surface area contributed by atoms with Crippen molar-refractivity contribution in [1.29, 1.82) is 0 Å². The van der Waals surface area contributed by atoms with Crippen molar-refractivity contribution in [2.45, 2.75) is 38.6 Å². The predicted molar refractivity (Wildman–Crippen MR) is 106 cm³/mol. The summed E-state index contributed by atoms with van der Waals surface area (Å²) in [6.07, 6.45) is 4.49.